The maximum Gasteiger partial charge on any atom is 0.335 e. The quantitative estimate of drug-likeness (QED) is 0.251. The molecule has 1 aromatic heterocycles. The van der Waals surface area contributed by atoms with Gasteiger partial charge in [0.1, 0.15) is 35.5 Å². The second-order valence-corrected chi connectivity index (χ2v) is 11.2. The molecule has 1 saturated carbocycles. The van der Waals surface area contributed by atoms with Crippen molar-refractivity contribution >= 4 is 39.9 Å². The van der Waals surface area contributed by atoms with Crippen LogP contribution in [0.25, 0.3) is 22.0 Å². The Labute approximate surface area is 239 Å². The Kier molecular flexibility index (Phi) is 6.68. The van der Waals surface area contributed by atoms with Crippen molar-refractivity contribution in [2.24, 2.45) is 0 Å². The van der Waals surface area contributed by atoms with E-state index in [1.54, 1.807) is 36.4 Å². The van der Waals surface area contributed by atoms with Crippen LogP contribution in [0.5, 0.6) is 5.75 Å². The minimum atomic E-state index is -0.955. The van der Waals surface area contributed by atoms with E-state index in [2.05, 4.69) is 5.16 Å². The molecule has 3 heterocycles. The number of aromatic nitrogens is 1. The molecule has 4 aromatic rings. The van der Waals surface area contributed by atoms with Gasteiger partial charge in [-0.25, -0.2) is 4.79 Å². The number of halogens is 2. The van der Waals surface area contributed by atoms with Gasteiger partial charge in [-0.1, -0.05) is 46.6 Å². The summed E-state index contributed by atoms with van der Waals surface area (Å²) < 4.78 is 30.6. The standard InChI is InChI=1S/C30H25Cl2NO7/c31-21-2-1-3-22(32)25(21)26-20(27(40-33-26)15-4-5-15)12-36-23-13-37-29-24(14-38-28(23)29)39-19-9-8-16-10-18(30(34)35)7-6-17(16)11-19/h1-3,6-11,15,23-24,28-29H,4-5,12-14H2,(H,34,35)/t23-,24-,28-,29-/m1/s1. The van der Waals surface area contributed by atoms with Crippen LogP contribution in [-0.4, -0.2) is 53.9 Å². The maximum atomic E-state index is 11.3. The third kappa shape index (κ3) is 4.74. The Morgan fingerprint density at radius 3 is 2.40 bits per heavy atom. The van der Waals surface area contributed by atoms with Gasteiger partial charge < -0.3 is 28.6 Å². The van der Waals surface area contributed by atoms with Crippen LogP contribution in [0.2, 0.25) is 10.0 Å². The van der Waals surface area contributed by atoms with Gasteiger partial charge in [-0.3, -0.25) is 0 Å². The molecule has 8 nitrogen and oxygen atoms in total. The lowest BCUT2D eigenvalue weighted by molar-refractivity contribution is -0.0428. The molecule has 0 bridgehead atoms. The summed E-state index contributed by atoms with van der Waals surface area (Å²) in [6.45, 7) is 1.00. The second-order valence-electron chi connectivity index (χ2n) is 10.4. The van der Waals surface area contributed by atoms with Crippen molar-refractivity contribution in [3.8, 4) is 17.0 Å². The van der Waals surface area contributed by atoms with Gasteiger partial charge in [-0.05, 0) is 60.0 Å². The molecule has 2 saturated heterocycles. The van der Waals surface area contributed by atoms with Gasteiger partial charge in [0.2, 0.25) is 0 Å². The summed E-state index contributed by atoms with van der Waals surface area (Å²) in [5, 5.41) is 16.3. The highest BCUT2D eigenvalue weighted by atomic mass is 35.5. The number of fused-ring (bicyclic) bond motifs is 2. The highest BCUT2D eigenvalue weighted by Gasteiger charge is 2.50. The first-order valence-corrected chi connectivity index (χ1v) is 13.9. The molecular formula is C30H25Cl2NO7. The fraction of sp³-hybridized carbons (Fsp3) is 0.333. The minimum Gasteiger partial charge on any atom is -0.485 e. The number of hydrogen-bond donors (Lipinski definition) is 1. The highest BCUT2D eigenvalue weighted by molar-refractivity contribution is 6.39. The lowest BCUT2D eigenvalue weighted by Gasteiger charge is -2.18. The van der Waals surface area contributed by atoms with Crippen LogP contribution < -0.4 is 4.74 Å². The van der Waals surface area contributed by atoms with Crippen molar-refractivity contribution in [1.29, 1.82) is 0 Å². The molecular weight excluding hydrogens is 557 g/mol. The molecule has 4 atom stereocenters. The lowest BCUT2D eigenvalue weighted by atomic mass is 10.0. The maximum absolute atomic E-state index is 11.3. The summed E-state index contributed by atoms with van der Waals surface area (Å²) in [4.78, 5) is 11.3. The summed E-state index contributed by atoms with van der Waals surface area (Å²) in [6, 6.07) is 15.9. The molecule has 40 heavy (non-hydrogen) atoms. The molecule has 0 unspecified atom stereocenters. The van der Waals surface area contributed by atoms with Gasteiger partial charge in [-0.15, -0.1) is 0 Å². The van der Waals surface area contributed by atoms with Gasteiger partial charge in [0, 0.05) is 17.0 Å². The molecule has 7 rings (SSSR count). The lowest BCUT2D eigenvalue weighted by Crippen LogP contribution is -2.35. The zero-order valence-electron chi connectivity index (χ0n) is 21.2. The number of ether oxygens (including phenoxy) is 4. The molecule has 10 heteroatoms. The molecule has 3 aliphatic rings. The molecule has 1 N–H and O–H groups in total. The van der Waals surface area contributed by atoms with E-state index in [0.29, 0.717) is 46.2 Å². The number of carbonyl (C=O) groups is 1. The summed E-state index contributed by atoms with van der Waals surface area (Å²) in [6.07, 6.45) is 0.947. The van der Waals surface area contributed by atoms with Gasteiger partial charge in [0.05, 0.1) is 35.4 Å². The van der Waals surface area contributed by atoms with E-state index in [4.69, 9.17) is 46.7 Å². The summed E-state index contributed by atoms with van der Waals surface area (Å²) in [7, 11) is 0. The van der Waals surface area contributed by atoms with Gasteiger partial charge in [0.25, 0.3) is 0 Å². The monoisotopic (exact) mass is 581 g/mol. The van der Waals surface area contributed by atoms with Crippen molar-refractivity contribution < 1.29 is 33.4 Å². The number of aromatic carboxylic acids is 1. The van der Waals surface area contributed by atoms with Crippen molar-refractivity contribution in [1.82, 2.24) is 5.16 Å². The van der Waals surface area contributed by atoms with Gasteiger partial charge >= 0.3 is 5.97 Å². The number of hydrogen-bond acceptors (Lipinski definition) is 7. The smallest absolute Gasteiger partial charge is 0.335 e. The molecule has 0 amide bonds. The summed E-state index contributed by atoms with van der Waals surface area (Å²) >= 11 is 13.0. The molecule has 1 aliphatic carbocycles. The fourth-order valence-corrected chi connectivity index (χ4v) is 6.09. The predicted molar refractivity (Wildman–Crippen MR) is 147 cm³/mol. The van der Waals surface area contributed by atoms with Crippen LogP contribution in [-0.2, 0) is 20.8 Å². The zero-order valence-corrected chi connectivity index (χ0v) is 22.7. The van der Waals surface area contributed by atoms with Crippen LogP contribution in [0.15, 0.2) is 59.1 Å². The summed E-state index contributed by atoms with van der Waals surface area (Å²) in [5.74, 6) is 0.856. The van der Waals surface area contributed by atoms with Gasteiger partial charge in [0.15, 0.2) is 6.10 Å². The SMILES string of the molecule is O=C(O)c1ccc2cc(O[C@@H]3CO[C@H]4[C@@H]3OC[C@H]4OCc3c(-c4c(Cl)cccc4Cl)noc3C3CC3)ccc2c1. The zero-order chi connectivity index (χ0) is 27.4. The van der Waals surface area contributed by atoms with E-state index < -0.39 is 5.97 Å². The van der Waals surface area contributed by atoms with Crippen LogP contribution in [0.4, 0.5) is 0 Å². The minimum absolute atomic E-state index is 0.246. The summed E-state index contributed by atoms with van der Waals surface area (Å²) in [5.41, 5.74) is 2.35. The first-order chi connectivity index (χ1) is 19.5. The first-order valence-electron chi connectivity index (χ1n) is 13.2. The third-order valence-corrected chi connectivity index (χ3v) is 8.35. The van der Waals surface area contributed by atoms with Gasteiger partial charge in [-0.2, -0.15) is 0 Å². The molecule has 206 valence electrons. The average molecular weight is 582 g/mol. The van der Waals surface area contributed by atoms with Crippen LogP contribution >= 0.6 is 23.2 Å². The van der Waals surface area contributed by atoms with Crippen molar-refractivity contribution in [3.05, 3.63) is 81.5 Å². The van der Waals surface area contributed by atoms with Crippen LogP contribution in [0.1, 0.15) is 40.4 Å². The van der Waals surface area contributed by atoms with Crippen molar-refractivity contribution in [3.63, 3.8) is 0 Å². The third-order valence-electron chi connectivity index (χ3n) is 7.72. The van der Waals surface area contributed by atoms with Crippen LogP contribution in [0.3, 0.4) is 0 Å². The van der Waals surface area contributed by atoms with E-state index >= 15 is 0 Å². The second kappa shape index (κ2) is 10.4. The van der Waals surface area contributed by atoms with Crippen LogP contribution in [0, 0.1) is 0 Å². The number of nitrogens with zero attached hydrogens (tertiary/aromatic N) is 1. The Balaban J connectivity index is 1.05. The topological polar surface area (TPSA) is 100 Å². The normalized spacial score (nSPS) is 23.9. The first kappa shape index (κ1) is 25.8. The molecule has 0 spiro atoms. The van der Waals surface area contributed by atoms with E-state index in [-0.39, 0.29) is 36.6 Å². The Morgan fingerprint density at radius 1 is 0.950 bits per heavy atom. The molecule has 3 aromatic carbocycles. The number of carboxylic acids is 1. The van der Waals surface area contributed by atoms with Crippen molar-refractivity contribution in [2.45, 2.75) is 49.8 Å². The largest absolute Gasteiger partial charge is 0.485 e. The van der Waals surface area contributed by atoms with E-state index in [9.17, 15) is 9.90 Å². The number of carboxylic acid groups (broad SMARTS) is 1. The molecule has 3 fully saturated rings. The van der Waals surface area contributed by atoms with E-state index in [1.165, 1.54) is 0 Å². The number of benzene rings is 3. The Hall–Kier alpha value is -3.14. The highest BCUT2D eigenvalue weighted by Crippen LogP contribution is 2.46. The predicted octanol–water partition coefficient (Wildman–Crippen LogP) is 6.51. The Morgan fingerprint density at radius 2 is 1.65 bits per heavy atom. The number of rotatable bonds is 8. The van der Waals surface area contributed by atoms with E-state index in [1.807, 2.05) is 18.2 Å². The molecule has 2 aliphatic heterocycles. The average Bonchev–Trinajstić information content (AvgIpc) is 3.39. The van der Waals surface area contributed by atoms with E-state index in [0.717, 1.165) is 34.9 Å². The Bertz CT molecular complexity index is 1580. The fourth-order valence-electron chi connectivity index (χ4n) is 5.52. The van der Waals surface area contributed by atoms with Crippen molar-refractivity contribution in [2.75, 3.05) is 13.2 Å². The molecule has 0 radical (unpaired) electrons.